The average molecular weight is 428 g/mol. The van der Waals surface area contributed by atoms with Crippen LogP contribution in [0.3, 0.4) is 0 Å². The fourth-order valence-electron chi connectivity index (χ4n) is 3.01. The first-order valence-corrected chi connectivity index (χ1v) is 9.82. The highest BCUT2D eigenvalue weighted by atomic mass is 19.2. The number of hydrogen-bond donors (Lipinski definition) is 1. The van der Waals surface area contributed by atoms with Gasteiger partial charge in [-0.25, -0.2) is 13.2 Å². The van der Waals surface area contributed by atoms with E-state index in [0.717, 1.165) is 0 Å². The van der Waals surface area contributed by atoms with E-state index in [1.165, 1.54) is 25.1 Å². The van der Waals surface area contributed by atoms with Gasteiger partial charge in [0.15, 0.2) is 11.6 Å². The Hall–Kier alpha value is -3.25. The minimum Gasteiger partial charge on any atom is -0.493 e. The third kappa shape index (κ3) is 5.47. The van der Waals surface area contributed by atoms with Gasteiger partial charge in [-0.15, -0.1) is 6.58 Å². The van der Waals surface area contributed by atoms with Crippen molar-refractivity contribution in [3.8, 4) is 22.6 Å². The molecular formula is C25H23F3O3. The highest BCUT2D eigenvalue weighted by molar-refractivity contribution is 5.65. The Morgan fingerprint density at radius 1 is 0.935 bits per heavy atom. The number of aliphatic hydroxyl groups is 1. The van der Waals surface area contributed by atoms with Crippen LogP contribution in [0.1, 0.15) is 30.6 Å². The summed E-state index contributed by atoms with van der Waals surface area (Å²) in [5, 5.41) is 9.46. The number of halogens is 3. The van der Waals surface area contributed by atoms with Crippen LogP contribution >= 0.6 is 0 Å². The van der Waals surface area contributed by atoms with Gasteiger partial charge in [-0.05, 0) is 43.2 Å². The summed E-state index contributed by atoms with van der Waals surface area (Å²) in [5.41, 5.74) is 0.972. The Morgan fingerprint density at radius 2 is 1.65 bits per heavy atom. The Balaban J connectivity index is 1.67. The molecule has 0 aliphatic carbocycles. The average Bonchev–Trinajstić information content (AvgIpc) is 2.75. The van der Waals surface area contributed by atoms with E-state index < -0.39 is 23.6 Å². The molecule has 31 heavy (non-hydrogen) atoms. The van der Waals surface area contributed by atoms with Crippen LogP contribution in [-0.2, 0) is 6.61 Å². The molecule has 3 aromatic carbocycles. The molecule has 0 amide bonds. The smallest absolute Gasteiger partial charge is 0.165 e. The maximum atomic E-state index is 14.5. The van der Waals surface area contributed by atoms with Gasteiger partial charge in [-0.2, -0.15) is 0 Å². The van der Waals surface area contributed by atoms with Gasteiger partial charge in [0.1, 0.15) is 23.9 Å². The molecule has 3 rings (SSSR count). The van der Waals surface area contributed by atoms with E-state index in [9.17, 15) is 18.3 Å². The summed E-state index contributed by atoms with van der Waals surface area (Å²) in [5.74, 6) is -1.68. The van der Waals surface area contributed by atoms with Crippen molar-refractivity contribution in [2.75, 3.05) is 6.61 Å². The molecule has 0 fully saturated rings. The first kappa shape index (κ1) is 22.4. The van der Waals surface area contributed by atoms with E-state index >= 15 is 0 Å². The van der Waals surface area contributed by atoms with Crippen molar-refractivity contribution in [2.45, 2.75) is 26.1 Å². The van der Waals surface area contributed by atoms with Gasteiger partial charge >= 0.3 is 0 Å². The minimum atomic E-state index is -1.11. The quantitative estimate of drug-likeness (QED) is 0.318. The number of benzene rings is 3. The van der Waals surface area contributed by atoms with Crippen molar-refractivity contribution < 1.29 is 27.8 Å². The lowest BCUT2D eigenvalue weighted by Crippen LogP contribution is -2.05. The summed E-state index contributed by atoms with van der Waals surface area (Å²) in [6, 6.07) is 14.0. The maximum absolute atomic E-state index is 14.5. The molecule has 6 heteroatoms. The number of aliphatic hydroxyl groups excluding tert-OH is 1. The van der Waals surface area contributed by atoms with Crippen molar-refractivity contribution >= 4 is 0 Å². The van der Waals surface area contributed by atoms with Gasteiger partial charge in [0.25, 0.3) is 0 Å². The Labute approximate surface area is 179 Å². The molecule has 0 saturated heterocycles. The number of rotatable bonds is 9. The van der Waals surface area contributed by atoms with Crippen molar-refractivity contribution in [3.05, 3.63) is 95.8 Å². The summed E-state index contributed by atoms with van der Waals surface area (Å²) >= 11 is 0. The standard InChI is InChI=1S/C25H23F3O3/c1-3-4-13-30-20-10-12-22(23(26)14-20)17-5-8-19(9-6-17)31-15-18-7-11-21(16(2)29)25(28)24(18)27/h3,5-12,14,16,29H,1,4,13,15H2,2H3. The zero-order valence-corrected chi connectivity index (χ0v) is 17.1. The molecule has 162 valence electrons. The van der Waals surface area contributed by atoms with Crippen LogP contribution in [0.25, 0.3) is 11.1 Å². The third-order valence-corrected chi connectivity index (χ3v) is 4.73. The van der Waals surface area contributed by atoms with Crippen LogP contribution in [-0.4, -0.2) is 11.7 Å². The van der Waals surface area contributed by atoms with E-state index in [2.05, 4.69) is 6.58 Å². The van der Waals surface area contributed by atoms with Crippen LogP contribution < -0.4 is 9.47 Å². The largest absolute Gasteiger partial charge is 0.493 e. The normalized spacial score (nSPS) is 11.8. The molecule has 1 atom stereocenters. The lowest BCUT2D eigenvalue weighted by atomic mass is 10.0. The van der Waals surface area contributed by atoms with Crippen molar-refractivity contribution in [1.29, 1.82) is 0 Å². The van der Waals surface area contributed by atoms with Gasteiger partial charge in [0.05, 0.1) is 12.7 Å². The molecule has 1 N–H and O–H groups in total. The van der Waals surface area contributed by atoms with E-state index in [-0.39, 0.29) is 17.7 Å². The monoisotopic (exact) mass is 428 g/mol. The van der Waals surface area contributed by atoms with Crippen LogP contribution in [0.4, 0.5) is 13.2 Å². The predicted octanol–water partition coefficient (Wildman–Crippen LogP) is 6.36. The minimum absolute atomic E-state index is 0.0315. The Bertz CT molecular complexity index is 1050. The van der Waals surface area contributed by atoms with E-state index in [1.807, 2.05) is 0 Å². The summed E-state index contributed by atoms with van der Waals surface area (Å²) in [7, 11) is 0. The van der Waals surface area contributed by atoms with Crippen LogP contribution in [0.15, 0.2) is 67.3 Å². The van der Waals surface area contributed by atoms with Crippen LogP contribution in [0.5, 0.6) is 11.5 Å². The lowest BCUT2D eigenvalue weighted by molar-refractivity contribution is 0.192. The second-order valence-electron chi connectivity index (χ2n) is 7.00. The third-order valence-electron chi connectivity index (χ3n) is 4.73. The predicted molar refractivity (Wildman–Crippen MR) is 113 cm³/mol. The highest BCUT2D eigenvalue weighted by Gasteiger charge is 2.16. The van der Waals surface area contributed by atoms with Gasteiger partial charge in [-0.1, -0.05) is 30.3 Å². The number of ether oxygens (including phenoxy) is 2. The second kappa shape index (κ2) is 10.2. The zero-order valence-electron chi connectivity index (χ0n) is 17.1. The Morgan fingerprint density at radius 3 is 2.29 bits per heavy atom. The molecule has 0 aliphatic rings. The molecule has 0 heterocycles. The molecule has 3 nitrogen and oxygen atoms in total. The molecule has 0 radical (unpaired) electrons. The van der Waals surface area contributed by atoms with Crippen molar-refractivity contribution in [3.63, 3.8) is 0 Å². The molecule has 0 saturated carbocycles. The van der Waals surface area contributed by atoms with Gasteiger partial charge in [0, 0.05) is 22.8 Å². The molecule has 1 unspecified atom stereocenters. The maximum Gasteiger partial charge on any atom is 0.165 e. The summed E-state index contributed by atoms with van der Waals surface area (Å²) in [6.45, 7) is 5.22. The van der Waals surface area contributed by atoms with Gasteiger partial charge < -0.3 is 14.6 Å². The first-order valence-electron chi connectivity index (χ1n) is 9.82. The second-order valence-corrected chi connectivity index (χ2v) is 7.00. The fraction of sp³-hybridized carbons (Fsp3) is 0.200. The number of hydrogen-bond acceptors (Lipinski definition) is 3. The Kier molecular flexibility index (Phi) is 7.36. The SMILES string of the molecule is C=CCCOc1ccc(-c2ccc(OCc3ccc(C(C)O)c(F)c3F)cc2)c(F)c1. The van der Waals surface area contributed by atoms with E-state index in [0.29, 0.717) is 35.7 Å². The molecular weight excluding hydrogens is 405 g/mol. The summed E-state index contributed by atoms with van der Waals surface area (Å²) in [4.78, 5) is 0. The fourth-order valence-corrected chi connectivity index (χ4v) is 3.01. The first-order chi connectivity index (χ1) is 14.9. The van der Waals surface area contributed by atoms with E-state index in [1.54, 1.807) is 42.5 Å². The topological polar surface area (TPSA) is 38.7 Å². The molecule has 0 aromatic heterocycles. The lowest BCUT2D eigenvalue weighted by Gasteiger charge is -2.12. The summed E-state index contributed by atoms with van der Waals surface area (Å²) < 4.78 is 53.6. The van der Waals surface area contributed by atoms with Crippen LogP contribution in [0.2, 0.25) is 0 Å². The van der Waals surface area contributed by atoms with Crippen molar-refractivity contribution in [2.24, 2.45) is 0 Å². The molecule has 0 spiro atoms. The van der Waals surface area contributed by atoms with Gasteiger partial charge in [-0.3, -0.25) is 0 Å². The van der Waals surface area contributed by atoms with Crippen molar-refractivity contribution in [1.82, 2.24) is 0 Å². The molecule has 3 aromatic rings. The highest BCUT2D eigenvalue weighted by Crippen LogP contribution is 2.29. The van der Waals surface area contributed by atoms with Gasteiger partial charge in [0.2, 0.25) is 0 Å². The van der Waals surface area contributed by atoms with E-state index in [4.69, 9.17) is 9.47 Å². The molecule has 0 aliphatic heterocycles. The van der Waals surface area contributed by atoms with Crippen LogP contribution in [0, 0.1) is 17.5 Å². The summed E-state index contributed by atoms with van der Waals surface area (Å²) in [6.07, 6.45) is 1.29. The zero-order chi connectivity index (χ0) is 22.4. The molecule has 0 bridgehead atoms.